The molecule has 8 heteroatoms. The van der Waals surface area contributed by atoms with Gasteiger partial charge in [-0.15, -0.1) is 0 Å². The van der Waals surface area contributed by atoms with E-state index in [2.05, 4.69) is 9.88 Å². The summed E-state index contributed by atoms with van der Waals surface area (Å²) in [4.78, 5) is 18.9. The Kier molecular flexibility index (Phi) is 7.91. The minimum Gasteiger partial charge on any atom is -0.497 e. The first-order chi connectivity index (χ1) is 18.3. The summed E-state index contributed by atoms with van der Waals surface area (Å²) in [6.45, 7) is 1.21. The molecule has 2 aromatic carbocycles. The third-order valence-corrected chi connectivity index (χ3v) is 8.58. The van der Waals surface area contributed by atoms with Crippen molar-refractivity contribution in [1.29, 1.82) is 0 Å². The number of pyridine rings is 1. The van der Waals surface area contributed by atoms with Gasteiger partial charge >= 0.3 is 5.97 Å². The van der Waals surface area contributed by atoms with E-state index in [1.807, 2.05) is 24.3 Å². The lowest BCUT2D eigenvalue weighted by Gasteiger charge is -2.40. The highest BCUT2D eigenvalue weighted by Gasteiger charge is 2.39. The Morgan fingerprint density at radius 1 is 1.16 bits per heavy atom. The standard InChI is InChI=1S/C30H34F2N2O4/c1-38-22-6-8-28-25(16-22)23(10-12-33-28)29(35)9-3-18-11-13-34(17-26(18)30(36)37)21-5-2-19(14-21)24-15-20(31)4-7-27(24)32/h4,6-8,10,12,15-16,18-19,21,26,29,35H,2-3,5,9,11,13-14,17H2,1H3,(H,36,37)/t18-,19?,21?,26+,29?/m1/s1. The molecule has 6 nitrogen and oxygen atoms in total. The third kappa shape index (κ3) is 5.52. The summed E-state index contributed by atoms with van der Waals surface area (Å²) in [5.41, 5.74) is 1.96. The Morgan fingerprint density at radius 2 is 2.00 bits per heavy atom. The molecule has 0 spiro atoms. The first kappa shape index (κ1) is 26.5. The first-order valence-electron chi connectivity index (χ1n) is 13.4. The van der Waals surface area contributed by atoms with Crippen LogP contribution in [-0.2, 0) is 4.79 Å². The van der Waals surface area contributed by atoms with Crippen LogP contribution in [0.25, 0.3) is 10.9 Å². The highest BCUT2D eigenvalue weighted by atomic mass is 19.1. The zero-order valence-corrected chi connectivity index (χ0v) is 21.5. The zero-order chi connectivity index (χ0) is 26.8. The third-order valence-electron chi connectivity index (χ3n) is 8.58. The van der Waals surface area contributed by atoms with Crippen molar-refractivity contribution in [3.8, 4) is 5.75 Å². The lowest BCUT2D eigenvalue weighted by molar-refractivity contribution is -0.146. The molecule has 5 atom stereocenters. The van der Waals surface area contributed by atoms with Crippen LogP contribution in [0.3, 0.4) is 0 Å². The summed E-state index contributed by atoms with van der Waals surface area (Å²) in [7, 11) is 1.59. The number of fused-ring (bicyclic) bond motifs is 1. The van der Waals surface area contributed by atoms with Crippen LogP contribution in [0.15, 0.2) is 48.7 Å². The minimum atomic E-state index is -0.820. The molecule has 1 aromatic heterocycles. The van der Waals surface area contributed by atoms with Crippen molar-refractivity contribution in [3.05, 3.63) is 71.4 Å². The topological polar surface area (TPSA) is 82.9 Å². The van der Waals surface area contributed by atoms with Gasteiger partial charge in [0.05, 0.1) is 24.6 Å². The molecule has 2 fully saturated rings. The summed E-state index contributed by atoms with van der Waals surface area (Å²) >= 11 is 0. The number of piperidine rings is 1. The summed E-state index contributed by atoms with van der Waals surface area (Å²) in [6, 6.07) is 11.1. The lowest BCUT2D eigenvalue weighted by Crippen LogP contribution is -2.47. The molecule has 1 saturated carbocycles. The fourth-order valence-electron chi connectivity index (χ4n) is 6.47. The molecule has 2 N–H and O–H groups in total. The van der Waals surface area contributed by atoms with Crippen LogP contribution in [0.2, 0.25) is 0 Å². The van der Waals surface area contributed by atoms with Gasteiger partial charge in [0.2, 0.25) is 0 Å². The van der Waals surface area contributed by atoms with E-state index in [9.17, 15) is 23.8 Å². The van der Waals surface area contributed by atoms with Crippen molar-refractivity contribution < 1.29 is 28.5 Å². The Balaban J connectivity index is 1.22. The predicted octanol–water partition coefficient (Wildman–Crippen LogP) is 5.69. The number of likely N-dealkylation sites (tertiary alicyclic amines) is 1. The van der Waals surface area contributed by atoms with Gasteiger partial charge in [0.15, 0.2) is 0 Å². The van der Waals surface area contributed by atoms with Gasteiger partial charge in [-0.05, 0) is 110 Å². The minimum absolute atomic E-state index is 0.0427. The van der Waals surface area contributed by atoms with Crippen LogP contribution in [0.1, 0.15) is 61.7 Å². The van der Waals surface area contributed by atoms with E-state index in [4.69, 9.17) is 4.74 Å². The van der Waals surface area contributed by atoms with E-state index >= 15 is 0 Å². The molecule has 38 heavy (non-hydrogen) atoms. The van der Waals surface area contributed by atoms with Crippen molar-refractivity contribution in [2.24, 2.45) is 11.8 Å². The monoisotopic (exact) mass is 524 g/mol. The molecule has 2 aliphatic rings. The summed E-state index contributed by atoms with van der Waals surface area (Å²) in [6.07, 6.45) is 5.03. The normalized spacial score (nSPS) is 24.9. The number of carboxylic acid groups (broad SMARTS) is 1. The predicted molar refractivity (Wildman–Crippen MR) is 140 cm³/mol. The van der Waals surface area contributed by atoms with Gasteiger partial charge in [0, 0.05) is 24.2 Å². The highest BCUT2D eigenvalue weighted by Crippen LogP contribution is 2.41. The molecule has 202 valence electrons. The fourth-order valence-corrected chi connectivity index (χ4v) is 6.47. The number of rotatable bonds is 8. The number of hydrogen-bond acceptors (Lipinski definition) is 5. The zero-order valence-electron chi connectivity index (χ0n) is 21.5. The van der Waals surface area contributed by atoms with Crippen molar-refractivity contribution in [2.75, 3.05) is 20.2 Å². The molecule has 5 rings (SSSR count). The summed E-state index contributed by atoms with van der Waals surface area (Å²) in [5.74, 6) is -1.57. The van der Waals surface area contributed by atoms with E-state index in [1.165, 1.54) is 12.1 Å². The van der Waals surface area contributed by atoms with Crippen LogP contribution >= 0.6 is 0 Å². The van der Waals surface area contributed by atoms with E-state index in [-0.39, 0.29) is 23.7 Å². The largest absolute Gasteiger partial charge is 0.497 e. The number of aliphatic carboxylic acids is 1. The van der Waals surface area contributed by atoms with Gasteiger partial charge in [-0.2, -0.15) is 0 Å². The lowest BCUT2D eigenvalue weighted by atomic mass is 9.80. The van der Waals surface area contributed by atoms with E-state index in [0.717, 1.165) is 48.3 Å². The molecule has 0 bridgehead atoms. The average molecular weight is 525 g/mol. The number of carbonyl (C=O) groups is 1. The molecular weight excluding hydrogens is 490 g/mol. The van der Waals surface area contributed by atoms with Gasteiger partial charge in [-0.25, -0.2) is 8.78 Å². The Morgan fingerprint density at radius 3 is 2.79 bits per heavy atom. The van der Waals surface area contributed by atoms with Crippen molar-refractivity contribution in [2.45, 2.75) is 56.6 Å². The van der Waals surface area contributed by atoms with Gasteiger partial charge in [-0.3, -0.25) is 14.7 Å². The molecule has 0 radical (unpaired) electrons. The van der Waals surface area contributed by atoms with Crippen LogP contribution in [0, 0.1) is 23.5 Å². The number of benzene rings is 2. The maximum absolute atomic E-state index is 14.3. The van der Waals surface area contributed by atoms with E-state index in [0.29, 0.717) is 37.1 Å². The maximum Gasteiger partial charge on any atom is 0.308 e. The van der Waals surface area contributed by atoms with E-state index < -0.39 is 23.8 Å². The molecule has 3 aromatic rings. The second-order valence-electron chi connectivity index (χ2n) is 10.7. The summed E-state index contributed by atoms with van der Waals surface area (Å²) in [5, 5.41) is 21.9. The fraction of sp³-hybridized carbons (Fsp3) is 0.467. The number of aliphatic hydroxyl groups is 1. The Labute approximate surface area is 221 Å². The van der Waals surface area contributed by atoms with E-state index in [1.54, 1.807) is 13.3 Å². The smallest absolute Gasteiger partial charge is 0.308 e. The molecule has 2 heterocycles. The Bertz CT molecular complexity index is 1300. The average Bonchev–Trinajstić information content (AvgIpc) is 3.42. The van der Waals surface area contributed by atoms with Gasteiger partial charge < -0.3 is 14.9 Å². The molecule has 3 unspecified atom stereocenters. The van der Waals surface area contributed by atoms with Crippen molar-refractivity contribution in [3.63, 3.8) is 0 Å². The van der Waals surface area contributed by atoms with Crippen LogP contribution in [0.5, 0.6) is 5.75 Å². The second kappa shape index (κ2) is 11.3. The number of nitrogens with zero attached hydrogens (tertiary/aromatic N) is 2. The molecule has 0 amide bonds. The molecule has 1 aliphatic heterocycles. The first-order valence-corrected chi connectivity index (χ1v) is 13.4. The summed E-state index contributed by atoms with van der Waals surface area (Å²) < 4.78 is 33.4. The number of halogens is 2. The van der Waals surface area contributed by atoms with Crippen LogP contribution < -0.4 is 4.74 Å². The quantitative estimate of drug-likeness (QED) is 0.394. The van der Waals surface area contributed by atoms with Crippen molar-refractivity contribution >= 4 is 16.9 Å². The SMILES string of the molecule is COc1ccc2nccc(C(O)CC[C@@H]3CCN(C4CCC(c5cc(F)ccc5F)C4)C[C@@H]3C(=O)O)c2c1. The molecule has 1 aliphatic carbocycles. The second-order valence-corrected chi connectivity index (χ2v) is 10.7. The number of aromatic nitrogens is 1. The van der Waals surface area contributed by atoms with Crippen molar-refractivity contribution in [1.82, 2.24) is 9.88 Å². The molecular formula is C30H34F2N2O4. The number of hydrogen-bond donors (Lipinski definition) is 2. The Hall–Kier alpha value is -3.10. The van der Waals surface area contributed by atoms with Crippen LogP contribution in [0.4, 0.5) is 8.78 Å². The molecule has 1 saturated heterocycles. The van der Waals surface area contributed by atoms with Crippen LogP contribution in [-0.4, -0.2) is 52.3 Å². The van der Waals surface area contributed by atoms with Gasteiger partial charge in [0.1, 0.15) is 17.4 Å². The van der Waals surface area contributed by atoms with Gasteiger partial charge in [-0.1, -0.05) is 0 Å². The number of carboxylic acids is 1. The maximum atomic E-state index is 14.3. The van der Waals surface area contributed by atoms with Gasteiger partial charge in [0.25, 0.3) is 0 Å². The number of methoxy groups -OCH3 is 1. The number of ether oxygens (including phenoxy) is 1. The number of aliphatic hydroxyl groups excluding tert-OH is 1. The highest BCUT2D eigenvalue weighted by molar-refractivity contribution is 5.83.